The van der Waals surface area contributed by atoms with Crippen LogP contribution in [0.4, 0.5) is 4.39 Å². The zero-order valence-corrected chi connectivity index (χ0v) is 12.5. The fourth-order valence-corrected chi connectivity index (χ4v) is 2.95. The zero-order chi connectivity index (χ0) is 14.2. The first-order valence-electron chi connectivity index (χ1n) is 7.82. The molecule has 2 rings (SSSR count). The van der Waals surface area contributed by atoms with Gasteiger partial charge < -0.3 is 9.64 Å². The van der Waals surface area contributed by atoms with Crippen LogP contribution in [0.5, 0.6) is 0 Å². The number of aryl methyl sites for hydroxylation is 1. The SMILES string of the molecule is CCOCCN1CCC[C@@H](CCc2ccc(F)cc2)C1. The van der Waals surface area contributed by atoms with Crippen molar-refractivity contribution in [2.24, 2.45) is 5.92 Å². The lowest BCUT2D eigenvalue weighted by atomic mass is 9.91. The van der Waals surface area contributed by atoms with Crippen LogP contribution in [-0.4, -0.2) is 37.7 Å². The Balaban J connectivity index is 1.71. The molecule has 1 fully saturated rings. The molecule has 0 saturated carbocycles. The Labute approximate surface area is 121 Å². The second-order valence-electron chi connectivity index (χ2n) is 5.67. The molecule has 0 unspecified atom stereocenters. The number of hydrogen-bond acceptors (Lipinski definition) is 2. The highest BCUT2D eigenvalue weighted by atomic mass is 19.1. The molecule has 0 aromatic heterocycles. The van der Waals surface area contributed by atoms with Crippen molar-refractivity contribution in [3.63, 3.8) is 0 Å². The first-order chi connectivity index (χ1) is 9.78. The molecule has 0 spiro atoms. The maximum Gasteiger partial charge on any atom is 0.123 e. The summed E-state index contributed by atoms with van der Waals surface area (Å²) >= 11 is 0. The van der Waals surface area contributed by atoms with Crippen molar-refractivity contribution in [3.8, 4) is 0 Å². The van der Waals surface area contributed by atoms with Crippen LogP contribution in [-0.2, 0) is 11.2 Å². The van der Waals surface area contributed by atoms with Gasteiger partial charge >= 0.3 is 0 Å². The van der Waals surface area contributed by atoms with Crippen LogP contribution in [0.2, 0.25) is 0 Å². The van der Waals surface area contributed by atoms with Gasteiger partial charge in [-0.05, 0) is 62.8 Å². The molecule has 1 aliphatic rings. The predicted octanol–water partition coefficient (Wildman–Crippen LogP) is 3.51. The highest BCUT2D eigenvalue weighted by molar-refractivity contribution is 5.16. The van der Waals surface area contributed by atoms with Crippen LogP contribution in [0.15, 0.2) is 24.3 Å². The molecular weight excluding hydrogens is 253 g/mol. The summed E-state index contributed by atoms with van der Waals surface area (Å²) < 4.78 is 18.3. The van der Waals surface area contributed by atoms with Crippen molar-refractivity contribution in [2.45, 2.75) is 32.6 Å². The lowest BCUT2D eigenvalue weighted by Gasteiger charge is -2.32. The van der Waals surface area contributed by atoms with Crippen LogP contribution >= 0.6 is 0 Å². The van der Waals surface area contributed by atoms with Crippen molar-refractivity contribution >= 4 is 0 Å². The Morgan fingerprint density at radius 1 is 1.30 bits per heavy atom. The Bertz CT molecular complexity index is 379. The summed E-state index contributed by atoms with van der Waals surface area (Å²) in [5, 5.41) is 0. The summed E-state index contributed by atoms with van der Waals surface area (Å²) in [6.45, 7) is 7.15. The van der Waals surface area contributed by atoms with E-state index in [4.69, 9.17) is 4.74 Å². The quantitative estimate of drug-likeness (QED) is 0.708. The van der Waals surface area contributed by atoms with Gasteiger partial charge in [-0.3, -0.25) is 0 Å². The number of ether oxygens (including phenoxy) is 1. The highest BCUT2D eigenvalue weighted by Gasteiger charge is 2.19. The topological polar surface area (TPSA) is 12.5 Å². The molecule has 1 aromatic carbocycles. The van der Waals surface area contributed by atoms with Gasteiger partial charge in [0.25, 0.3) is 0 Å². The van der Waals surface area contributed by atoms with Crippen molar-refractivity contribution in [1.29, 1.82) is 0 Å². The molecule has 1 atom stereocenters. The van der Waals surface area contributed by atoms with Crippen LogP contribution < -0.4 is 0 Å². The molecular formula is C17H26FNO. The van der Waals surface area contributed by atoms with Crippen molar-refractivity contribution < 1.29 is 9.13 Å². The Kier molecular flexibility index (Phi) is 6.48. The fourth-order valence-electron chi connectivity index (χ4n) is 2.95. The number of benzene rings is 1. The van der Waals surface area contributed by atoms with Crippen LogP contribution in [0.1, 0.15) is 31.7 Å². The minimum absolute atomic E-state index is 0.145. The molecule has 0 N–H and O–H groups in total. The van der Waals surface area contributed by atoms with Crippen molar-refractivity contribution in [1.82, 2.24) is 4.90 Å². The molecule has 20 heavy (non-hydrogen) atoms. The van der Waals surface area contributed by atoms with E-state index in [1.807, 2.05) is 19.1 Å². The first-order valence-corrected chi connectivity index (χ1v) is 7.82. The molecule has 0 aliphatic carbocycles. The van der Waals surface area contributed by atoms with Crippen molar-refractivity contribution in [2.75, 3.05) is 32.8 Å². The van der Waals surface area contributed by atoms with Crippen LogP contribution in [0.25, 0.3) is 0 Å². The molecule has 3 heteroatoms. The van der Waals surface area contributed by atoms with Gasteiger partial charge in [0.05, 0.1) is 6.61 Å². The Hall–Kier alpha value is -0.930. The van der Waals surface area contributed by atoms with E-state index in [1.165, 1.54) is 37.9 Å². The maximum absolute atomic E-state index is 12.9. The normalized spacial score (nSPS) is 20.2. The number of nitrogens with zero attached hydrogens (tertiary/aromatic N) is 1. The first kappa shape index (κ1) is 15.5. The van der Waals surface area contributed by atoms with E-state index in [1.54, 1.807) is 12.1 Å². The minimum Gasteiger partial charge on any atom is -0.380 e. The average Bonchev–Trinajstić information content (AvgIpc) is 2.47. The van der Waals surface area contributed by atoms with Gasteiger partial charge in [0.2, 0.25) is 0 Å². The van der Waals surface area contributed by atoms with Gasteiger partial charge in [0.15, 0.2) is 0 Å². The Morgan fingerprint density at radius 3 is 2.85 bits per heavy atom. The lowest BCUT2D eigenvalue weighted by molar-refractivity contribution is 0.0903. The summed E-state index contributed by atoms with van der Waals surface area (Å²) in [5.74, 6) is 0.629. The van der Waals surface area contributed by atoms with Gasteiger partial charge in [-0.25, -0.2) is 4.39 Å². The van der Waals surface area contributed by atoms with E-state index in [2.05, 4.69) is 4.90 Å². The molecule has 1 aromatic rings. The fraction of sp³-hybridized carbons (Fsp3) is 0.647. The third-order valence-electron chi connectivity index (χ3n) is 4.11. The Morgan fingerprint density at radius 2 is 2.10 bits per heavy atom. The van der Waals surface area contributed by atoms with E-state index in [9.17, 15) is 4.39 Å². The van der Waals surface area contributed by atoms with Crippen molar-refractivity contribution in [3.05, 3.63) is 35.6 Å². The third-order valence-corrected chi connectivity index (χ3v) is 4.11. The van der Waals surface area contributed by atoms with E-state index < -0.39 is 0 Å². The molecule has 1 aliphatic heterocycles. The number of piperidine rings is 1. The molecule has 1 heterocycles. The second kappa shape index (κ2) is 8.38. The van der Waals surface area contributed by atoms with E-state index in [0.29, 0.717) is 0 Å². The second-order valence-corrected chi connectivity index (χ2v) is 5.67. The number of hydrogen-bond donors (Lipinski definition) is 0. The number of rotatable bonds is 7. The predicted molar refractivity (Wildman–Crippen MR) is 80.4 cm³/mol. The smallest absolute Gasteiger partial charge is 0.123 e. The van der Waals surface area contributed by atoms with Gasteiger partial charge in [0, 0.05) is 19.7 Å². The molecule has 0 radical (unpaired) electrons. The monoisotopic (exact) mass is 279 g/mol. The number of halogens is 1. The van der Waals surface area contributed by atoms with E-state index in [0.717, 1.165) is 32.1 Å². The summed E-state index contributed by atoms with van der Waals surface area (Å²) in [7, 11) is 0. The third kappa shape index (κ3) is 5.22. The summed E-state index contributed by atoms with van der Waals surface area (Å²) in [4.78, 5) is 2.52. The number of likely N-dealkylation sites (tertiary alicyclic amines) is 1. The summed E-state index contributed by atoms with van der Waals surface area (Å²) in [6.07, 6.45) is 4.88. The minimum atomic E-state index is -0.145. The molecule has 0 amide bonds. The van der Waals surface area contributed by atoms with Gasteiger partial charge in [-0.2, -0.15) is 0 Å². The molecule has 0 bridgehead atoms. The maximum atomic E-state index is 12.9. The largest absolute Gasteiger partial charge is 0.380 e. The summed E-state index contributed by atoms with van der Waals surface area (Å²) in [6, 6.07) is 6.94. The van der Waals surface area contributed by atoms with Gasteiger partial charge in [0.1, 0.15) is 5.82 Å². The molecule has 2 nitrogen and oxygen atoms in total. The molecule has 1 saturated heterocycles. The van der Waals surface area contributed by atoms with E-state index in [-0.39, 0.29) is 5.82 Å². The van der Waals surface area contributed by atoms with Crippen LogP contribution in [0, 0.1) is 11.7 Å². The molecule has 112 valence electrons. The standard InChI is InChI=1S/C17H26FNO/c1-2-20-13-12-19-11-3-4-16(14-19)6-5-15-7-9-17(18)10-8-15/h7-10,16H,2-6,11-14H2,1H3/t16-/m0/s1. The lowest BCUT2D eigenvalue weighted by Crippen LogP contribution is -2.37. The van der Waals surface area contributed by atoms with Gasteiger partial charge in [-0.15, -0.1) is 0 Å². The van der Waals surface area contributed by atoms with Gasteiger partial charge in [-0.1, -0.05) is 12.1 Å². The highest BCUT2D eigenvalue weighted by Crippen LogP contribution is 2.21. The average molecular weight is 279 g/mol. The van der Waals surface area contributed by atoms with Crippen LogP contribution in [0.3, 0.4) is 0 Å². The zero-order valence-electron chi connectivity index (χ0n) is 12.5. The summed E-state index contributed by atoms with van der Waals surface area (Å²) in [5.41, 5.74) is 1.25. The van der Waals surface area contributed by atoms with E-state index >= 15 is 0 Å².